The minimum atomic E-state index is -3.88. The van der Waals surface area contributed by atoms with Crippen LogP contribution in [0.25, 0.3) is 0 Å². The third-order valence-corrected chi connectivity index (χ3v) is 6.37. The van der Waals surface area contributed by atoms with Gasteiger partial charge in [0.05, 0.1) is 11.4 Å². The zero-order chi connectivity index (χ0) is 13.9. The molecule has 0 aliphatic carbocycles. The van der Waals surface area contributed by atoms with Crippen LogP contribution in [-0.4, -0.2) is 46.2 Å². The highest BCUT2D eigenvalue weighted by Gasteiger charge is 2.47. The Balaban J connectivity index is 3.12. The third kappa shape index (κ3) is 2.79. The first-order chi connectivity index (χ1) is 8.36. The smallest absolute Gasteiger partial charge is 0.322 e. The number of carboxylic acids is 1. The summed E-state index contributed by atoms with van der Waals surface area (Å²) in [5.41, 5.74) is 0. The molecule has 102 valence electrons. The molecule has 0 aromatic carbocycles. The van der Waals surface area contributed by atoms with E-state index in [4.69, 9.17) is 10.4 Å². The molecular weight excluding hydrogens is 276 g/mol. The van der Waals surface area contributed by atoms with Crippen LogP contribution in [0.15, 0.2) is 0 Å². The summed E-state index contributed by atoms with van der Waals surface area (Å²) in [6.45, 7) is 3.19. The van der Waals surface area contributed by atoms with Crippen molar-refractivity contribution >= 4 is 27.8 Å². The molecule has 0 radical (unpaired) electrons. The Hall–Kier alpha value is -0.780. The molecule has 0 amide bonds. The van der Waals surface area contributed by atoms with Gasteiger partial charge in [-0.15, -0.1) is 11.8 Å². The number of aliphatic carboxylic acids is 1. The first-order valence-corrected chi connectivity index (χ1v) is 8.17. The Bertz CT molecular complexity index is 457. The Morgan fingerprint density at radius 3 is 2.72 bits per heavy atom. The lowest BCUT2D eigenvalue weighted by Crippen LogP contribution is -2.48. The summed E-state index contributed by atoms with van der Waals surface area (Å²) in [5.74, 6) is -0.924. The Kier molecular flexibility index (Phi) is 5.01. The molecule has 1 saturated heterocycles. The van der Waals surface area contributed by atoms with Crippen molar-refractivity contribution in [3.8, 4) is 6.07 Å². The molecule has 1 fully saturated rings. The zero-order valence-electron chi connectivity index (χ0n) is 10.2. The maximum absolute atomic E-state index is 12.2. The molecule has 6 nitrogen and oxygen atoms in total. The van der Waals surface area contributed by atoms with E-state index < -0.39 is 27.3 Å². The van der Waals surface area contributed by atoms with Crippen LogP contribution < -0.4 is 0 Å². The molecule has 3 atom stereocenters. The van der Waals surface area contributed by atoms with E-state index in [1.807, 2.05) is 6.92 Å². The molecule has 0 spiro atoms. The van der Waals surface area contributed by atoms with Gasteiger partial charge < -0.3 is 5.11 Å². The van der Waals surface area contributed by atoms with Crippen molar-refractivity contribution < 1.29 is 18.3 Å². The second-order valence-corrected chi connectivity index (χ2v) is 7.45. The molecular formula is C10H16N2O4S2. The van der Waals surface area contributed by atoms with Gasteiger partial charge >= 0.3 is 5.97 Å². The molecule has 1 N–H and O–H groups in total. The second-order valence-electron chi connectivity index (χ2n) is 4.08. The fourth-order valence-electron chi connectivity index (χ4n) is 1.78. The lowest BCUT2D eigenvalue weighted by molar-refractivity contribution is -0.140. The first-order valence-electron chi connectivity index (χ1n) is 5.62. The highest BCUT2D eigenvalue weighted by Crippen LogP contribution is 2.35. The van der Waals surface area contributed by atoms with Crippen molar-refractivity contribution in [2.45, 2.75) is 43.4 Å². The van der Waals surface area contributed by atoms with Gasteiger partial charge in [-0.05, 0) is 13.3 Å². The largest absolute Gasteiger partial charge is 0.480 e. The molecule has 18 heavy (non-hydrogen) atoms. The number of hydrogen-bond acceptors (Lipinski definition) is 5. The first kappa shape index (κ1) is 15.3. The van der Waals surface area contributed by atoms with Crippen molar-refractivity contribution in [2.24, 2.45) is 0 Å². The van der Waals surface area contributed by atoms with Crippen LogP contribution in [0.4, 0.5) is 0 Å². The van der Waals surface area contributed by atoms with E-state index in [9.17, 15) is 13.2 Å². The molecule has 1 aliphatic heterocycles. The van der Waals surface area contributed by atoms with Gasteiger partial charge in [0.1, 0.15) is 6.04 Å². The fraction of sp³-hybridized carbons (Fsp3) is 0.800. The third-order valence-electron chi connectivity index (χ3n) is 2.78. The number of rotatable bonds is 5. The summed E-state index contributed by atoms with van der Waals surface area (Å²) in [6, 6.07) is 0.610. The Morgan fingerprint density at radius 2 is 2.28 bits per heavy atom. The van der Waals surface area contributed by atoms with Gasteiger partial charge in [0.2, 0.25) is 10.0 Å². The number of carboxylic acid groups (broad SMARTS) is 1. The van der Waals surface area contributed by atoms with Crippen LogP contribution >= 0.6 is 11.8 Å². The van der Waals surface area contributed by atoms with Gasteiger partial charge in [-0.25, -0.2) is 8.42 Å². The molecule has 1 rings (SSSR count). The van der Waals surface area contributed by atoms with Gasteiger partial charge in [0, 0.05) is 5.75 Å². The van der Waals surface area contributed by atoms with Crippen molar-refractivity contribution in [3.63, 3.8) is 0 Å². The van der Waals surface area contributed by atoms with Crippen molar-refractivity contribution in [1.82, 2.24) is 4.31 Å². The van der Waals surface area contributed by atoms with Gasteiger partial charge in [0.15, 0.2) is 5.25 Å². The number of carbonyl (C=O) groups is 1. The van der Waals surface area contributed by atoms with Gasteiger partial charge in [-0.3, -0.25) is 4.79 Å². The number of sulfonamides is 1. The molecule has 0 aromatic rings. The summed E-state index contributed by atoms with van der Waals surface area (Å²) in [4.78, 5) is 11.1. The monoisotopic (exact) mass is 292 g/mol. The summed E-state index contributed by atoms with van der Waals surface area (Å²) >= 11 is 1.32. The number of nitriles is 1. The molecule has 0 aromatic heterocycles. The number of thioether (sulfide) groups is 1. The maximum atomic E-state index is 12.2. The van der Waals surface area contributed by atoms with E-state index in [1.165, 1.54) is 18.7 Å². The molecule has 1 heterocycles. The van der Waals surface area contributed by atoms with Crippen LogP contribution in [-0.2, 0) is 14.8 Å². The van der Waals surface area contributed by atoms with Crippen molar-refractivity contribution in [2.75, 3.05) is 5.75 Å². The van der Waals surface area contributed by atoms with Gasteiger partial charge in [-0.2, -0.15) is 9.57 Å². The fourth-order valence-corrected chi connectivity index (χ4v) is 5.27. The Morgan fingerprint density at radius 1 is 1.67 bits per heavy atom. The van der Waals surface area contributed by atoms with Crippen LogP contribution in [0.3, 0.4) is 0 Å². The SMILES string of the molecule is CCCC1SCC(C(=O)O)N1S(=O)(=O)C(C)C#N. The van der Waals surface area contributed by atoms with E-state index >= 15 is 0 Å². The normalized spacial score (nSPS) is 26.7. The van der Waals surface area contributed by atoms with Crippen LogP contribution in [0, 0.1) is 11.3 Å². The molecule has 0 saturated carbocycles. The van der Waals surface area contributed by atoms with Gasteiger partial charge in [0.25, 0.3) is 0 Å². The van der Waals surface area contributed by atoms with E-state index in [0.717, 1.165) is 10.7 Å². The lowest BCUT2D eigenvalue weighted by atomic mass is 10.3. The van der Waals surface area contributed by atoms with E-state index in [0.29, 0.717) is 6.42 Å². The molecule has 1 aliphatic rings. The summed E-state index contributed by atoms with van der Waals surface area (Å²) < 4.78 is 25.4. The highest BCUT2D eigenvalue weighted by atomic mass is 32.2. The van der Waals surface area contributed by atoms with Crippen LogP contribution in [0.5, 0.6) is 0 Å². The summed E-state index contributed by atoms with van der Waals surface area (Å²) in [7, 11) is -3.88. The number of nitrogens with zero attached hydrogens (tertiary/aromatic N) is 2. The van der Waals surface area contributed by atoms with Crippen molar-refractivity contribution in [3.05, 3.63) is 0 Å². The topological polar surface area (TPSA) is 98.5 Å². The maximum Gasteiger partial charge on any atom is 0.322 e. The standard InChI is InChI=1S/C10H16N2O4S2/c1-3-4-9-12(8(6-17-9)10(13)14)18(15,16)7(2)5-11/h7-9H,3-4,6H2,1-2H3,(H,13,14). The molecule has 0 bridgehead atoms. The van der Waals surface area contributed by atoms with E-state index in [1.54, 1.807) is 6.07 Å². The highest BCUT2D eigenvalue weighted by molar-refractivity contribution is 8.01. The van der Waals surface area contributed by atoms with Gasteiger partial charge in [-0.1, -0.05) is 13.3 Å². The van der Waals surface area contributed by atoms with E-state index in [2.05, 4.69) is 0 Å². The van der Waals surface area contributed by atoms with Crippen molar-refractivity contribution in [1.29, 1.82) is 5.26 Å². The quantitative estimate of drug-likeness (QED) is 0.806. The second kappa shape index (κ2) is 5.91. The van der Waals surface area contributed by atoms with Crippen LogP contribution in [0.2, 0.25) is 0 Å². The predicted octanol–water partition coefficient (Wildman–Crippen LogP) is 0.856. The van der Waals surface area contributed by atoms with Crippen LogP contribution in [0.1, 0.15) is 26.7 Å². The minimum Gasteiger partial charge on any atom is -0.480 e. The Labute approximate surface area is 111 Å². The zero-order valence-corrected chi connectivity index (χ0v) is 11.9. The lowest BCUT2D eigenvalue weighted by Gasteiger charge is -2.27. The summed E-state index contributed by atoms with van der Waals surface area (Å²) in [5, 5.41) is 16.2. The average Bonchev–Trinajstić information content (AvgIpc) is 2.73. The minimum absolute atomic E-state index is 0.234. The number of hydrogen-bond donors (Lipinski definition) is 1. The average molecular weight is 292 g/mol. The molecule has 3 unspecified atom stereocenters. The van der Waals surface area contributed by atoms with E-state index in [-0.39, 0.29) is 11.1 Å². The predicted molar refractivity (Wildman–Crippen MR) is 68.4 cm³/mol. The summed E-state index contributed by atoms with van der Waals surface area (Å²) in [6.07, 6.45) is 1.35. The molecule has 8 heteroatoms.